The largest absolute Gasteiger partial charge is 0.467 e. The summed E-state index contributed by atoms with van der Waals surface area (Å²) in [5.74, 6) is -2.34. The van der Waals surface area contributed by atoms with Gasteiger partial charge >= 0.3 is 5.97 Å². The Morgan fingerprint density at radius 1 is 1.55 bits per heavy atom. The van der Waals surface area contributed by atoms with Crippen LogP contribution in [0.15, 0.2) is 23.3 Å². The average molecular weight is 284 g/mol. The summed E-state index contributed by atoms with van der Waals surface area (Å²) < 4.78 is 31.4. The molecule has 1 unspecified atom stereocenters. The number of hydrogen-bond donors (Lipinski definition) is 1. The summed E-state index contributed by atoms with van der Waals surface area (Å²) >= 11 is 0. The molecule has 0 spiro atoms. The summed E-state index contributed by atoms with van der Waals surface area (Å²) in [5.41, 5.74) is 6.63. The van der Waals surface area contributed by atoms with Crippen molar-refractivity contribution in [2.24, 2.45) is 5.11 Å². The fourth-order valence-electron chi connectivity index (χ4n) is 1.78. The lowest BCUT2D eigenvalue weighted by molar-refractivity contribution is -0.148. The Balaban J connectivity index is 3.09. The highest BCUT2D eigenvalue weighted by molar-refractivity contribution is 5.82. The number of hydrogen-bond acceptors (Lipinski definition) is 4. The highest BCUT2D eigenvalue weighted by Gasteiger charge is 2.38. The number of methoxy groups -OCH3 is 1. The molecule has 108 valence electrons. The van der Waals surface area contributed by atoms with Crippen LogP contribution < -0.4 is 5.32 Å². The smallest absolute Gasteiger partial charge is 0.330 e. The van der Waals surface area contributed by atoms with Gasteiger partial charge in [0.05, 0.1) is 7.11 Å². The molecule has 0 aliphatic rings. The molecule has 6 nitrogen and oxygen atoms in total. The summed E-state index contributed by atoms with van der Waals surface area (Å²) in [7, 11) is 1.16. The molecule has 0 amide bonds. The first-order valence-corrected chi connectivity index (χ1v) is 5.75. The summed E-state index contributed by atoms with van der Waals surface area (Å²) in [4.78, 5) is 14.5. The topological polar surface area (TPSA) is 87.1 Å². The van der Waals surface area contributed by atoms with Crippen LogP contribution in [0.2, 0.25) is 0 Å². The van der Waals surface area contributed by atoms with Gasteiger partial charge in [-0.2, -0.15) is 0 Å². The normalized spacial score (nSPS) is 13.2. The molecule has 0 heterocycles. The predicted octanol–water partition coefficient (Wildman–Crippen LogP) is 2.25. The molecule has 8 heteroatoms. The van der Waals surface area contributed by atoms with E-state index < -0.39 is 23.1 Å². The molecule has 0 aliphatic carbocycles. The molecule has 1 atom stereocenters. The van der Waals surface area contributed by atoms with E-state index in [0.717, 1.165) is 13.2 Å². The Kier molecular flexibility index (Phi) is 5.42. The maximum Gasteiger partial charge on any atom is 0.330 e. The zero-order chi connectivity index (χ0) is 15.2. The third-order valence-electron chi connectivity index (χ3n) is 2.82. The van der Waals surface area contributed by atoms with Crippen LogP contribution in [0.4, 0.5) is 8.78 Å². The Hall–Kier alpha value is -2.18. The van der Waals surface area contributed by atoms with E-state index in [2.05, 4.69) is 20.1 Å². The third kappa shape index (κ3) is 3.43. The standard InChI is InChI=1S/C12H14F2N4O2/c1-12(11(19)20-2,16-5-6-17-18-15)9-4-3-8(13)7-10(9)14/h3-4,7,16H,5-6H2,1-2H3. The highest BCUT2D eigenvalue weighted by Crippen LogP contribution is 2.25. The summed E-state index contributed by atoms with van der Waals surface area (Å²) in [6.07, 6.45) is 0. The van der Waals surface area contributed by atoms with Gasteiger partial charge in [0.15, 0.2) is 0 Å². The van der Waals surface area contributed by atoms with Crippen LogP contribution in [0.5, 0.6) is 0 Å². The second kappa shape index (κ2) is 6.83. The number of benzene rings is 1. The maximum atomic E-state index is 13.8. The quantitative estimate of drug-likeness (QED) is 0.286. The lowest BCUT2D eigenvalue weighted by Gasteiger charge is -2.28. The number of esters is 1. The first-order valence-electron chi connectivity index (χ1n) is 5.75. The minimum Gasteiger partial charge on any atom is -0.467 e. The third-order valence-corrected chi connectivity index (χ3v) is 2.82. The summed E-state index contributed by atoms with van der Waals surface area (Å²) in [5, 5.41) is 6.06. The fraction of sp³-hybridized carbons (Fsp3) is 0.417. The first kappa shape index (κ1) is 15.9. The van der Waals surface area contributed by atoms with Gasteiger partial charge in [-0.15, -0.1) is 0 Å². The van der Waals surface area contributed by atoms with Crippen molar-refractivity contribution < 1.29 is 18.3 Å². The lowest BCUT2D eigenvalue weighted by Crippen LogP contribution is -2.49. The van der Waals surface area contributed by atoms with Crippen molar-refractivity contribution in [3.8, 4) is 0 Å². The van der Waals surface area contributed by atoms with Crippen molar-refractivity contribution in [3.05, 3.63) is 45.8 Å². The number of azide groups is 1. The van der Waals surface area contributed by atoms with E-state index in [0.29, 0.717) is 6.07 Å². The van der Waals surface area contributed by atoms with Crippen molar-refractivity contribution in [1.29, 1.82) is 0 Å². The molecule has 20 heavy (non-hydrogen) atoms. The minimum atomic E-state index is -1.50. The van der Waals surface area contributed by atoms with E-state index >= 15 is 0 Å². The number of ether oxygens (including phenoxy) is 1. The predicted molar refractivity (Wildman–Crippen MR) is 67.7 cm³/mol. The zero-order valence-corrected chi connectivity index (χ0v) is 11.1. The number of carbonyl (C=O) groups is 1. The van der Waals surface area contributed by atoms with Crippen molar-refractivity contribution in [3.63, 3.8) is 0 Å². The van der Waals surface area contributed by atoms with Crippen LogP contribution in [0.1, 0.15) is 12.5 Å². The number of nitrogens with zero attached hydrogens (tertiary/aromatic N) is 3. The Labute approximate surface area is 114 Å². The lowest BCUT2D eigenvalue weighted by atomic mass is 9.91. The van der Waals surface area contributed by atoms with Crippen molar-refractivity contribution in [2.75, 3.05) is 20.2 Å². The molecule has 1 aromatic rings. The number of halogens is 2. The van der Waals surface area contributed by atoms with Gasteiger partial charge < -0.3 is 4.74 Å². The summed E-state index contributed by atoms with van der Waals surface area (Å²) in [6.45, 7) is 1.61. The van der Waals surface area contributed by atoms with E-state index in [1.807, 2.05) is 0 Å². The highest BCUT2D eigenvalue weighted by atomic mass is 19.1. The van der Waals surface area contributed by atoms with Crippen LogP contribution in [0.3, 0.4) is 0 Å². The SMILES string of the molecule is COC(=O)C(C)(NCCN=[N+]=[N-])c1ccc(F)cc1F. The maximum absolute atomic E-state index is 13.8. The van der Waals surface area contributed by atoms with Crippen LogP contribution in [-0.2, 0) is 15.1 Å². The summed E-state index contributed by atoms with van der Waals surface area (Å²) in [6, 6.07) is 2.91. The molecular weight excluding hydrogens is 270 g/mol. The molecule has 0 saturated heterocycles. The molecule has 0 fully saturated rings. The second-order valence-electron chi connectivity index (χ2n) is 4.12. The number of nitrogens with one attached hydrogen (secondary N) is 1. The van der Waals surface area contributed by atoms with Crippen LogP contribution >= 0.6 is 0 Å². The van der Waals surface area contributed by atoms with Gasteiger partial charge in [0.25, 0.3) is 0 Å². The molecular formula is C12H14F2N4O2. The molecule has 1 aromatic carbocycles. The van der Waals surface area contributed by atoms with E-state index in [1.165, 1.54) is 13.0 Å². The van der Waals surface area contributed by atoms with Gasteiger partial charge in [0, 0.05) is 29.6 Å². The van der Waals surface area contributed by atoms with Crippen molar-refractivity contribution in [1.82, 2.24) is 5.32 Å². The number of carbonyl (C=O) groups excluding carboxylic acids is 1. The molecule has 1 rings (SSSR count). The molecule has 0 saturated carbocycles. The van der Waals surface area contributed by atoms with Crippen LogP contribution in [0, 0.1) is 11.6 Å². The first-order chi connectivity index (χ1) is 9.45. The molecule has 0 aromatic heterocycles. The Morgan fingerprint density at radius 3 is 2.80 bits per heavy atom. The van der Waals surface area contributed by atoms with Gasteiger partial charge in [-0.25, -0.2) is 13.6 Å². The van der Waals surface area contributed by atoms with Gasteiger partial charge in [0.2, 0.25) is 0 Å². The van der Waals surface area contributed by atoms with Gasteiger partial charge in [-0.05, 0) is 18.5 Å². The van der Waals surface area contributed by atoms with Gasteiger partial charge in [-0.1, -0.05) is 11.2 Å². The van der Waals surface area contributed by atoms with Crippen molar-refractivity contribution >= 4 is 5.97 Å². The fourth-order valence-corrected chi connectivity index (χ4v) is 1.78. The van der Waals surface area contributed by atoms with E-state index in [9.17, 15) is 13.6 Å². The molecule has 0 aliphatic heterocycles. The number of rotatable bonds is 6. The monoisotopic (exact) mass is 284 g/mol. The average Bonchev–Trinajstić information content (AvgIpc) is 2.42. The molecule has 0 bridgehead atoms. The Bertz CT molecular complexity index is 546. The van der Waals surface area contributed by atoms with E-state index in [-0.39, 0.29) is 18.7 Å². The molecule has 1 N–H and O–H groups in total. The van der Waals surface area contributed by atoms with Gasteiger partial charge in [-0.3, -0.25) is 5.32 Å². The van der Waals surface area contributed by atoms with E-state index in [1.54, 1.807) is 0 Å². The van der Waals surface area contributed by atoms with E-state index in [4.69, 9.17) is 5.53 Å². The van der Waals surface area contributed by atoms with Crippen LogP contribution in [0.25, 0.3) is 10.4 Å². The van der Waals surface area contributed by atoms with Crippen molar-refractivity contribution in [2.45, 2.75) is 12.5 Å². The Morgan fingerprint density at radius 2 is 2.25 bits per heavy atom. The van der Waals surface area contributed by atoms with Crippen LogP contribution in [-0.4, -0.2) is 26.2 Å². The zero-order valence-electron chi connectivity index (χ0n) is 11.1. The molecule has 0 radical (unpaired) electrons. The minimum absolute atomic E-state index is 0.0494. The van der Waals surface area contributed by atoms with Gasteiger partial charge in [0.1, 0.15) is 17.2 Å². The second-order valence-corrected chi connectivity index (χ2v) is 4.12.